The number of nitrogens with one attached hydrogen (secondary N) is 1. The monoisotopic (exact) mass is 486 g/mol. The molecule has 0 aliphatic heterocycles. The summed E-state index contributed by atoms with van der Waals surface area (Å²) in [4.78, 5) is 36.2. The van der Waals surface area contributed by atoms with Gasteiger partial charge in [-0.05, 0) is 68.1 Å². The van der Waals surface area contributed by atoms with Gasteiger partial charge in [-0.15, -0.1) is 0 Å². The highest BCUT2D eigenvalue weighted by Gasteiger charge is 2.22. The molecule has 5 rings (SSSR count). The zero-order chi connectivity index (χ0) is 25.2. The molecular weight excluding hydrogens is 458 g/mol. The lowest BCUT2D eigenvalue weighted by molar-refractivity contribution is -0.312. The SMILES string of the molecule is Cc1c(CCC(=O)NCC2CCC(C(=O)[O-])CC2)c(=O)oc2cc3occ(-c4ccccc4)c3cc12. The summed E-state index contributed by atoms with van der Waals surface area (Å²) in [5, 5.41) is 15.7. The fourth-order valence-electron chi connectivity index (χ4n) is 5.23. The van der Waals surface area contributed by atoms with Gasteiger partial charge >= 0.3 is 5.63 Å². The lowest BCUT2D eigenvalue weighted by Gasteiger charge is -2.29. The molecule has 0 unspecified atom stereocenters. The second kappa shape index (κ2) is 10.0. The van der Waals surface area contributed by atoms with Crippen LogP contribution < -0.4 is 16.0 Å². The Kier molecular flexibility index (Phi) is 6.63. The maximum atomic E-state index is 12.7. The van der Waals surface area contributed by atoms with Gasteiger partial charge in [0.2, 0.25) is 5.91 Å². The zero-order valence-electron chi connectivity index (χ0n) is 20.2. The smallest absolute Gasteiger partial charge is 0.339 e. The summed E-state index contributed by atoms with van der Waals surface area (Å²) in [6.45, 7) is 2.40. The van der Waals surface area contributed by atoms with Crippen molar-refractivity contribution in [2.45, 2.75) is 45.4 Å². The second-order valence-corrected chi connectivity index (χ2v) is 9.69. The molecule has 2 aromatic heterocycles. The van der Waals surface area contributed by atoms with Crippen LogP contribution in [-0.2, 0) is 16.0 Å². The van der Waals surface area contributed by atoms with Crippen molar-refractivity contribution >= 4 is 33.8 Å². The van der Waals surface area contributed by atoms with E-state index in [1.165, 1.54) is 0 Å². The van der Waals surface area contributed by atoms with E-state index in [0.29, 0.717) is 36.1 Å². The van der Waals surface area contributed by atoms with Gasteiger partial charge in [0.15, 0.2) is 0 Å². The first kappa shape index (κ1) is 23.9. The average Bonchev–Trinajstić information content (AvgIpc) is 3.30. The first-order chi connectivity index (χ1) is 17.4. The molecule has 0 spiro atoms. The van der Waals surface area contributed by atoms with Crippen molar-refractivity contribution in [1.29, 1.82) is 0 Å². The normalized spacial score (nSPS) is 17.9. The number of fused-ring (bicyclic) bond motifs is 2. The van der Waals surface area contributed by atoms with E-state index in [1.54, 1.807) is 12.3 Å². The van der Waals surface area contributed by atoms with Crippen molar-refractivity contribution in [2.24, 2.45) is 11.8 Å². The summed E-state index contributed by atoms with van der Waals surface area (Å²) in [6.07, 6.45) is 4.88. The topological polar surface area (TPSA) is 113 Å². The predicted octanol–water partition coefficient (Wildman–Crippen LogP) is 4.12. The minimum Gasteiger partial charge on any atom is -0.550 e. The van der Waals surface area contributed by atoms with Gasteiger partial charge in [-0.1, -0.05) is 30.3 Å². The molecule has 4 aromatic rings. The quantitative estimate of drug-likeness (QED) is 0.393. The molecule has 7 nitrogen and oxygen atoms in total. The molecular formula is C29H28NO6-. The first-order valence-electron chi connectivity index (χ1n) is 12.4. The van der Waals surface area contributed by atoms with Crippen molar-refractivity contribution in [1.82, 2.24) is 5.32 Å². The summed E-state index contributed by atoms with van der Waals surface area (Å²) >= 11 is 0. The lowest BCUT2D eigenvalue weighted by atomic mass is 9.82. The maximum Gasteiger partial charge on any atom is 0.339 e. The van der Waals surface area contributed by atoms with Gasteiger partial charge in [0.1, 0.15) is 11.2 Å². The second-order valence-electron chi connectivity index (χ2n) is 9.69. The molecule has 1 fully saturated rings. The largest absolute Gasteiger partial charge is 0.550 e. The summed E-state index contributed by atoms with van der Waals surface area (Å²) < 4.78 is 11.4. The summed E-state index contributed by atoms with van der Waals surface area (Å²) in [6, 6.07) is 13.7. The van der Waals surface area contributed by atoms with E-state index in [2.05, 4.69) is 5.32 Å². The van der Waals surface area contributed by atoms with Crippen molar-refractivity contribution in [3.8, 4) is 11.1 Å². The molecule has 1 aliphatic carbocycles. The third-order valence-electron chi connectivity index (χ3n) is 7.44. The average molecular weight is 487 g/mol. The number of hydrogen-bond donors (Lipinski definition) is 1. The van der Waals surface area contributed by atoms with Crippen LogP contribution in [0.15, 0.2) is 62.4 Å². The molecule has 1 amide bonds. The standard InChI is InChI=1S/C29H29NO6/c1-17-21(11-12-27(31)30-15-18-7-9-20(10-8-18)28(32)33)29(34)36-26-14-25-23(13-22(17)26)24(16-35-25)19-5-3-2-4-6-19/h2-6,13-14,16,18,20H,7-12,15H2,1H3,(H,30,31)(H,32,33)/p-1. The van der Waals surface area contributed by atoms with Crippen LogP contribution in [0.4, 0.5) is 0 Å². The van der Waals surface area contributed by atoms with Crippen LogP contribution in [0.2, 0.25) is 0 Å². The van der Waals surface area contributed by atoms with Crippen molar-refractivity contribution in [3.63, 3.8) is 0 Å². The molecule has 0 atom stereocenters. The summed E-state index contributed by atoms with van der Waals surface area (Å²) in [7, 11) is 0. The number of carbonyl (C=O) groups excluding carboxylic acids is 2. The molecule has 1 aliphatic rings. The molecule has 0 radical (unpaired) electrons. The Labute approximate surface area is 208 Å². The Balaban J connectivity index is 1.30. The Morgan fingerprint density at radius 3 is 2.50 bits per heavy atom. The minimum atomic E-state index is -0.980. The number of aliphatic carboxylic acids is 1. The van der Waals surface area contributed by atoms with Gasteiger partial charge in [-0.2, -0.15) is 0 Å². The van der Waals surface area contributed by atoms with Gasteiger partial charge in [0.05, 0.1) is 6.26 Å². The van der Waals surface area contributed by atoms with E-state index in [1.807, 2.05) is 43.3 Å². The molecule has 0 bridgehead atoms. The molecule has 2 heterocycles. The fourth-order valence-corrected chi connectivity index (χ4v) is 5.23. The molecule has 186 valence electrons. The number of furan rings is 1. The molecule has 36 heavy (non-hydrogen) atoms. The van der Waals surface area contributed by atoms with Gasteiger partial charge < -0.3 is 24.1 Å². The van der Waals surface area contributed by atoms with Crippen LogP contribution in [0.1, 0.15) is 43.2 Å². The van der Waals surface area contributed by atoms with Gasteiger partial charge in [-0.25, -0.2) is 4.79 Å². The first-order valence-corrected chi connectivity index (χ1v) is 12.4. The number of carboxylic acid groups (broad SMARTS) is 1. The van der Waals surface area contributed by atoms with E-state index >= 15 is 0 Å². The van der Waals surface area contributed by atoms with Crippen molar-refractivity contribution < 1.29 is 23.5 Å². The molecule has 1 N–H and O–H groups in total. The van der Waals surface area contributed by atoms with E-state index < -0.39 is 11.6 Å². The van der Waals surface area contributed by atoms with Gasteiger partial charge in [0.25, 0.3) is 0 Å². The number of hydrogen-bond acceptors (Lipinski definition) is 6. The predicted molar refractivity (Wildman–Crippen MR) is 134 cm³/mol. The number of benzene rings is 2. The Morgan fingerprint density at radius 2 is 1.78 bits per heavy atom. The number of aryl methyl sites for hydroxylation is 1. The third kappa shape index (κ3) is 4.78. The van der Waals surface area contributed by atoms with Crippen LogP contribution >= 0.6 is 0 Å². The zero-order valence-corrected chi connectivity index (χ0v) is 20.2. The van der Waals surface area contributed by atoms with Crippen LogP contribution in [0, 0.1) is 18.8 Å². The molecule has 0 saturated heterocycles. The van der Waals surface area contributed by atoms with Gasteiger partial charge in [0, 0.05) is 46.9 Å². The molecule has 7 heteroatoms. The molecule has 1 saturated carbocycles. The van der Waals surface area contributed by atoms with Crippen molar-refractivity contribution in [2.75, 3.05) is 6.54 Å². The molecule has 2 aromatic carbocycles. The van der Waals surface area contributed by atoms with Crippen LogP contribution in [0.5, 0.6) is 0 Å². The summed E-state index contributed by atoms with van der Waals surface area (Å²) in [5.74, 6) is -1.22. The van der Waals surface area contributed by atoms with Crippen LogP contribution in [0.3, 0.4) is 0 Å². The number of carbonyl (C=O) groups is 2. The fraction of sp³-hybridized carbons (Fsp3) is 0.345. The Morgan fingerprint density at radius 1 is 1.03 bits per heavy atom. The minimum absolute atomic E-state index is 0.132. The number of carboxylic acids is 1. The highest BCUT2D eigenvalue weighted by Crippen LogP contribution is 2.34. The van der Waals surface area contributed by atoms with Crippen LogP contribution in [0.25, 0.3) is 33.1 Å². The van der Waals surface area contributed by atoms with Gasteiger partial charge in [-0.3, -0.25) is 4.79 Å². The lowest BCUT2D eigenvalue weighted by Crippen LogP contribution is -2.36. The highest BCUT2D eigenvalue weighted by atomic mass is 16.4. The Bertz CT molecular complexity index is 1470. The van der Waals surface area contributed by atoms with E-state index in [4.69, 9.17) is 8.83 Å². The maximum absolute atomic E-state index is 12.7. The van der Waals surface area contributed by atoms with E-state index in [0.717, 1.165) is 40.3 Å². The van der Waals surface area contributed by atoms with E-state index in [9.17, 15) is 19.5 Å². The highest BCUT2D eigenvalue weighted by molar-refractivity contribution is 6.02. The Hall–Kier alpha value is -3.87. The van der Waals surface area contributed by atoms with Crippen LogP contribution in [-0.4, -0.2) is 18.4 Å². The third-order valence-corrected chi connectivity index (χ3v) is 7.44. The number of amides is 1. The summed E-state index contributed by atoms with van der Waals surface area (Å²) in [5.41, 5.74) is 3.96. The number of rotatable bonds is 7. The van der Waals surface area contributed by atoms with Crippen molar-refractivity contribution in [3.05, 3.63) is 70.3 Å². The van der Waals surface area contributed by atoms with E-state index in [-0.39, 0.29) is 30.6 Å².